The predicted octanol–water partition coefficient (Wildman–Crippen LogP) is 2.53. The molecule has 0 aliphatic heterocycles. The largest absolute Gasteiger partial charge is 0.351 e. The molecule has 18 heavy (non-hydrogen) atoms. The standard InChI is InChI=1S/C13H15BrN2O2/c14-11-5-3-8(4-6-11)9-1-2-10(7-9)12(17)16-13(15)18/h3-6,9-10H,1-2,7H2,(H3,15,16,17,18)/t9-,10-/m0/s1. The summed E-state index contributed by atoms with van der Waals surface area (Å²) in [6, 6.07) is 7.39. The molecule has 2 atom stereocenters. The van der Waals surface area contributed by atoms with Gasteiger partial charge in [-0.2, -0.15) is 0 Å². The maximum Gasteiger partial charge on any atom is 0.318 e. The SMILES string of the molecule is NC(=O)NC(=O)[C@H]1CC[C@H](c2ccc(Br)cc2)C1. The molecule has 1 saturated carbocycles. The lowest BCUT2D eigenvalue weighted by atomic mass is 9.96. The first-order valence-electron chi connectivity index (χ1n) is 5.92. The van der Waals surface area contributed by atoms with Crippen molar-refractivity contribution >= 4 is 27.9 Å². The number of nitrogens with two attached hydrogens (primary N) is 1. The molecule has 4 nitrogen and oxygen atoms in total. The van der Waals surface area contributed by atoms with E-state index in [0.717, 1.165) is 23.7 Å². The number of hydrogen-bond donors (Lipinski definition) is 2. The highest BCUT2D eigenvalue weighted by molar-refractivity contribution is 9.10. The van der Waals surface area contributed by atoms with Crippen LogP contribution < -0.4 is 11.1 Å². The molecule has 1 aliphatic rings. The zero-order chi connectivity index (χ0) is 13.1. The lowest BCUT2D eigenvalue weighted by Gasteiger charge is -2.11. The summed E-state index contributed by atoms with van der Waals surface area (Å²) in [5.74, 6) is 0.0370. The van der Waals surface area contributed by atoms with E-state index in [4.69, 9.17) is 5.73 Å². The van der Waals surface area contributed by atoms with E-state index < -0.39 is 6.03 Å². The van der Waals surface area contributed by atoms with Gasteiger partial charge in [-0.3, -0.25) is 10.1 Å². The molecule has 1 fully saturated rings. The van der Waals surface area contributed by atoms with Crippen LogP contribution in [0.5, 0.6) is 0 Å². The third-order valence-corrected chi connectivity index (χ3v) is 3.92. The Balaban J connectivity index is 1.98. The van der Waals surface area contributed by atoms with Crippen LogP contribution in [-0.4, -0.2) is 11.9 Å². The van der Waals surface area contributed by atoms with Crippen LogP contribution in [0.15, 0.2) is 28.7 Å². The smallest absolute Gasteiger partial charge is 0.318 e. The van der Waals surface area contributed by atoms with Crippen LogP contribution in [-0.2, 0) is 4.79 Å². The Morgan fingerprint density at radius 2 is 1.89 bits per heavy atom. The highest BCUT2D eigenvalue weighted by atomic mass is 79.9. The average molecular weight is 311 g/mol. The molecular formula is C13H15BrN2O2. The van der Waals surface area contributed by atoms with Crippen LogP contribution in [0.2, 0.25) is 0 Å². The highest BCUT2D eigenvalue weighted by Gasteiger charge is 2.31. The zero-order valence-electron chi connectivity index (χ0n) is 9.86. The number of urea groups is 1. The van der Waals surface area contributed by atoms with Gasteiger partial charge in [-0.25, -0.2) is 4.79 Å². The first kappa shape index (κ1) is 13.1. The number of amides is 3. The molecule has 1 aliphatic carbocycles. The van der Waals surface area contributed by atoms with Gasteiger partial charge in [-0.15, -0.1) is 0 Å². The summed E-state index contributed by atoms with van der Waals surface area (Å²) in [5, 5.41) is 2.16. The van der Waals surface area contributed by atoms with Gasteiger partial charge in [0, 0.05) is 10.4 Å². The quantitative estimate of drug-likeness (QED) is 0.881. The number of benzene rings is 1. The van der Waals surface area contributed by atoms with E-state index in [0.29, 0.717) is 5.92 Å². The molecule has 96 valence electrons. The van der Waals surface area contributed by atoms with E-state index in [2.05, 4.69) is 33.4 Å². The van der Waals surface area contributed by atoms with Crippen molar-refractivity contribution in [2.75, 3.05) is 0 Å². The van der Waals surface area contributed by atoms with Crippen molar-refractivity contribution < 1.29 is 9.59 Å². The number of primary amides is 1. The molecular weight excluding hydrogens is 296 g/mol. The highest BCUT2D eigenvalue weighted by Crippen LogP contribution is 2.38. The van der Waals surface area contributed by atoms with Crippen LogP contribution in [0, 0.1) is 5.92 Å². The molecule has 0 radical (unpaired) electrons. The third kappa shape index (κ3) is 3.10. The van der Waals surface area contributed by atoms with Gasteiger partial charge < -0.3 is 5.73 Å². The Labute approximate surface area is 114 Å². The molecule has 1 aromatic carbocycles. The van der Waals surface area contributed by atoms with Gasteiger partial charge in [0.25, 0.3) is 0 Å². The summed E-state index contributed by atoms with van der Waals surface area (Å²) in [7, 11) is 0. The first-order valence-corrected chi connectivity index (χ1v) is 6.71. The van der Waals surface area contributed by atoms with E-state index in [1.165, 1.54) is 5.56 Å². The summed E-state index contributed by atoms with van der Waals surface area (Å²) < 4.78 is 1.05. The normalized spacial score (nSPS) is 22.7. The minimum absolute atomic E-state index is 0.105. The van der Waals surface area contributed by atoms with E-state index in [-0.39, 0.29) is 11.8 Å². The molecule has 1 aromatic rings. The van der Waals surface area contributed by atoms with E-state index in [1.54, 1.807) is 0 Å². The van der Waals surface area contributed by atoms with Crippen LogP contribution in [0.1, 0.15) is 30.7 Å². The molecule has 0 spiro atoms. The number of rotatable bonds is 2. The second-order valence-electron chi connectivity index (χ2n) is 4.61. The second-order valence-corrected chi connectivity index (χ2v) is 5.53. The van der Waals surface area contributed by atoms with Crippen molar-refractivity contribution in [1.82, 2.24) is 5.32 Å². The van der Waals surface area contributed by atoms with Gasteiger partial charge in [-0.1, -0.05) is 28.1 Å². The third-order valence-electron chi connectivity index (χ3n) is 3.39. The molecule has 3 N–H and O–H groups in total. The fourth-order valence-corrected chi connectivity index (χ4v) is 2.75. The van der Waals surface area contributed by atoms with Crippen molar-refractivity contribution in [3.05, 3.63) is 34.3 Å². The molecule has 0 bridgehead atoms. The maximum absolute atomic E-state index is 11.7. The number of hydrogen-bond acceptors (Lipinski definition) is 2. The lowest BCUT2D eigenvalue weighted by molar-refractivity contribution is -0.123. The summed E-state index contributed by atoms with van der Waals surface area (Å²) >= 11 is 3.40. The Morgan fingerprint density at radius 3 is 2.50 bits per heavy atom. The predicted molar refractivity (Wildman–Crippen MR) is 72.0 cm³/mol. The molecule has 0 aromatic heterocycles. The Kier molecular flexibility index (Phi) is 4.01. The van der Waals surface area contributed by atoms with Gasteiger partial charge in [0.2, 0.25) is 5.91 Å². The van der Waals surface area contributed by atoms with Crippen molar-refractivity contribution in [1.29, 1.82) is 0 Å². The summed E-state index contributed by atoms with van der Waals surface area (Å²) in [5.41, 5.74) is 6.19. The summed E-state index contributed by atoms with van der Waals surface area (Å²) in [6.45, 7) is 0. The molecule has 2 rings (SSSR count). The van der Waals surface area contributed by atoms with Crippen molar-refractivity contribution in [3.8, 4) is 0 Å². The van der Waals surface area contributed by atoms with Crippen molar-refractivity contribution in [2.24, 2.45) is 11.7 Å². The zero-order valence-corrected chi connectivity index (χ0v) is 11.4. The summed E-state index contributed by atoms with van der Waals surface area (Å²) in [6.07, 6.45) is 2.55. The fraction of sp³-hybridized carbons (Fsp3) is 0.385. The first-order chi connectivity index (χ1) is 8.56. The number of imide groups is 1. The second kappa shape index (κ2) is 5.52. The van der Waals surface area contributed by atoms with E-state index >= 15 is 0 Å². The van der Waals surface area contributed by atoms with E-state index in [9.17, 15) is 9.59 Å². The summed E-state index contributed by atoms with van der Waals surface area (Å²) in [4.78, 5) is 22.3. The number of carbonyl (C=O) groups excluding carboxylic acids is 2. The van der Waals surface area contributed by atoms with Crippen LogP contribution in [0.4, 0.5) is 4.79 Å². The monoisotopic (exact) mass is 310 g/mol. The minimum Gasteiger partial charge on any atom is -0.351 e. The van der Waals surface area contributed by atoms with Gasteiger partial charge in [0.15, 0.2) is 0 Å². The molecule has 0 saturated heterocycles. The number of nitrogens with one attached hydrogen (secondary N) is 1. The Morgan fingerprint density at radius 1 is 1.22 bits per heavy atom. The van der Waals surface area contributed by atoms with Crippen LogP contribution in [0.25, 0.3) is 0 Å². The lowest BCUT2D eigenvalue weighted by Crippen LogP contribution is -2.38. The molecule has 0 unspecified atom stereocenters. The number of carbonyl (C=O) groups is 2. The molecule has 3 amide bonds. The van der Waals surface area contributed by atoms with Gasteiger partial charge >= 0.3 is 6.03 Å². The maximum atomic E-state index is 11.7. The van der Waals surface area contributed by atoms with E-state index in [1.807, 2.05) is 12.1 Å². The van der Waals surface area contributed by atoms with Gasteiger partial charge in [0.1, 0.15) is 0 Å². The van der Waals surface area contributed by atoms with Crippen molar-refractivity contribution in [3.63, 3.8) is 0 Å². The topological polar surface area (TPSA) is 72.2 Å². The number of halogens is 1. The van der Waals surface area contributed by atoms with Crippen LogP contribution in [0.3, 0.4) is 0 Å². The van der Waals surface area contributed by atoms with Gasteiger partial charge in [0.05, 0.1) is 0 Å². The Hall–Kier alpha value is -1.36. The molecule has 0 heterocycles. The average Bonchev–Trinajstić information content (AvgIpc) is 2.78. The van der Waals surface area contributed by atoms with Gasteiger partial charge in [-0.05, 0) is 42.9 Å². The van der Waals surface area contributed by atoms with Crippen molar-refractivity contribution in [2.45, 2.75) is 25.2 Å². The van der Waals surface area contributed by atoms with Crippen LogP contribution >= 0.6 is 15.9 Å². The fourth-order valence-electron chi connectivity index (χ4n) is 2.48. The minimum atomic E-state index is -0.771. The Bertz CT molecular complexity index is 459. The molecule has 5 heteroatoms.